The van der Waals surface area contributed by atoms with Crippen molar-refractivity contribution in [2.75, 3.05) is 0 Å². The van der Waals surface area contributed by atoms with E-state index in [0.717, 1.165) is 22.6 Å². The van der Waals surface area contributed by atoms with Crippen LogP contribution < -0.4 is 0 Å². The molecule has 0 amide bonds. The van der Waals surface area contributed by atoms with E-state index in [-0.39, 0.29) is 5.25 Å². The van der Waals surface area contributed by atoms with E-state index in [1.54, 1.807) is 0 Å². The number of aromatic nitrogens is 1. The molecule has 1 atom stereocenters. The lowest BCUT2D eigenvalue weighted by Crippen LogP contribution is -1.95. The SMILES string of the molecule is Cc1ccccc1.Cc1noc(C)c1C(S)c1ccccc1. The monoisotopic (exact) mass is 311 g/mol. The summed E-state index contributed by atoms with van der Waals surface area (Å²) in [6.07, 6.45) is 0. The molecule has 1 unspecified atom stereocenters. The Morgan fingerprint density at radius 2 is 1.41 bits per heavy atom. The second kappa shape index (κ2) is 7.85. The van der Waals surface area contributed by atoms with E-state index < -0.39 is 0 Å². The lowest BCUT2D eigenvalue weighted by atomic mass is 10.0. The molecule has 1 aromatic heterocycles. The molecule has 0 saturated carbocycles. The van der Waals surface area contributed by atoms with Crippen molar-refractivity contribution in [2.24, 2.45) is 0 Å². The van der Waals surface area contributed by atoms with Gasteiger partial charge in [-0.05, 0) is 26.3 Å². The largest absolute Gasteiger partial charge is 0.361 e. The lowest BCUT2D eigenvalue weighted by molar-refractivity contribution is 0.392. The highest BCUT2D eigenvalue weighted by Gasteiger charge is 2.18. The van der Waals surface area contributed by atoms with Crippen molar-refractivity contribution < 1.29 is 4.52 Å². The summed E-state index contributed by atoms with van der Waals surface area (Å²) in [4.78, 5) is 0. The van der Waals surface area contributed by atoms with E-state index in [0.29, 0.717) is 0 Å². The molecule has 22 heavy (non-hydrogen) atoms. The standard InChI is InChI=1S/C12H13NOS.C7H8/c1-8-11(9(2)14-13-8)12(15)10-6-4-3-5-7-10;1-7-5-3-2-4-6-7/h3-7,12,15H,1-2H3;2-6H,1H3. The molecule has 0 aliphatic heterocycles. The van der Waals surface area contributed by atoms with Crippen molar-refractivity contribution in [2.45, 2.75) is 26.0 Å². The van der Waals surface area contributed by atoms with E-state index in [1.807, 2.05) is 50.2 Å². The third-order valence-electron chi connectivity index (χ3n) is 3.42. The van der Waals surface area contributed by atoms with Crippen molar-refractivity contribution >= 4 is 12.6 Å². The molecule has 0 aliphatic carbocycles. The lowest BCUT2D eigenvalue weighted by Gasteiger charge is -2.10. The van der Waals surface area contributed by atoms with E-state index in [1.165, 1.54) is 5.56 Å². The molecule has 3 aromatic rings. The molecule has 0 spiro atoms. The summed E-state index contributed by atoms with van der Waals surface area (Å²) in [6, 6.07) is 20.4. The van der Waals surface area contributed by atoms with Crippen LogP contribution >= 0.6 is 12.6 Å². The second-order valence-electron chi connectivity index (χ2n) is 5.21. The third-order valence-corrected chi connectivity index (χ3v) is 3.97. The highest BCUT2D eigenvalue weighted by molar-refractivity contribution is 7.80. The molecule has 2 aromatic carbocycles. The number of nitrogens with zero attached hydrogens (tertiary/aromatic N) is 1. The van der Waals surface area contributed by atoms with Crippen LogP contribution in [0.25, 0.3) is 0 Å². The molecule has 0 N–H and O–H groups in total. The Morgan fingerprint density at radius 1 is 0.864 bits per heavy atom. The molecule has 2 nitrogen and oxygen atoms in total. The van der Waals surface area contributed by atoms with Crippen LogP contribution in [0, 0.1) is 20.8 Å². The van der Waals surface area contributed by atoms with Gasteiger partial charge in [0, 0.05) is 5.56 Å². The number of rotatable bonds is 2. The van der Waals surface area contributed by atoms with Crippen molar-refractivity contribution in [3.63, 3.8) is 0 Å². The zero-order chi connectivity index (χ0) is 15.9. The minimum atomic E-state index is 0.0393. The summed E-state index contributed by atoms with van der Waals surface area (Å²) in [5, 5.41) is 3.98. The van der Waals surface area contributed by atoms with Gasteiger partial charge in [0.05, 0.1) is 10.9 Å². The van der Waals surface area contributed by atoms with E-state index in [9.17, 15) is 0 Å². The van der Waals surface area contributed by atoms with Gasteiger partial charge in [-0.2, -0.15) is 12.6 Å². The summed E-state index contributed by atoms with van der Waals surface area (Å²) in [7, 11) is 0. The van der Waals surface area contributed by atoms with E-state index in [4.69, 9.17) is 4.52 Å². The fourth-order valence-electron chi connectivity index (χ4n) is 2.22. The summed E-state index contributed by atoms with van der Waals surface area (Å²) < 4.78 is 5.14. The van der Waals surface area contributed by atoms with Crippen LogP contribution in [-0.2, 0) is 0 Å². The Kier molecular flexibility index (Phi) is 5.84. The van der Waals surface area contributed by atoms with Gasteiger partial charge in [-0.15, -0.1) is 0 Å². The molecule has 0 bridgehead atoms. The first-order valence-corrected chi connectivity index (χ1v) is 7.78. The van der Waals surface area contributed by atoms with Crippen molar-refractivity contribution in [1.82, 2.24) is 5.16 Å². The molecule has 3 rings (SSSR count). The Bertz CT molecular complexity index is 672. The second-order valence-corrected chi connectivity index (χ2v) is 5.72. The smallest absolute Gasteiger partial charge is 0.138 e. The summed E-state index contributed by atoms with van der Waals surface area (Å²) >= 11 is 4.61. The zero-order valence-corrected chi connectivity index (χ0v) is 14.0. The molecule has 0 aliphatic rings. The Morgan fingerprint density at radius 3 is 1.82 bits per heavy atom. The van der Waals surface area contributed by atoms with Gasteiger partial charge >= 0.3 is 0 Å². The Hall–Kier alpha value is -2.00. The fourth-order valence-corrected chi connectivity index (χ4v) is 2.76. The minimum absolute atomic E-state index is 0.0393. The number of benzene rings is 2. The van der Waals surface area contributed by atoms with Gasteiger partial charge < -0.3 is 4.52 Å². The van der Waals surface area contributed by atoms with Gasteiger partial charge in [0.1, 0.15) is 5.76 Å². The maximum Gasteiger partial charge on any atom is 0.138 e. The maximum atomic E-state index is 5.14. The summed E-state index contributed by atoms with van der Waals surface area (Å²) in [6.45, 7) is 5.94. The van der Waals surface area contributed by atoms with Crippen LogP contribution in [0.15, 0.2) is 65.2 Å². The minimum Gasteiger partial charge on any atom is -0.361 e. The predicted molar refractivity (Wildman–Crippen MR) is 94.4 cm³/mol. The van der Waals surface area contributed by atoms with Gasteiger partial charge in [-0.25, -0.2) is 0 Å². The zero-order valence-electron chi connectivity index (χ0n) is 13.2. The van der Waals surface area contributed by atoms with Crippen molar-refractivity contribution in [3.05, 3.63) is 88.8 Å². The Balaban J connectivity index is 0.000000211. The number of hydrogen-bond acceptors (Lipinski definition) is 3. The van der Waals surface area contributed by atoms with Crippen LogP contribution in [0.5, 0.6) is 0 Å². The Labute approximate surface area is 137 Å². The van der Waals surface area contributed by atoms with E-state index in [2.05, 4.69) is 49.0 Å². The number of thiol groups is 1. The molecule has 114 valence electrons. The average Bonchev–Trinajstić information content (AvgIpc) is 2.88. The topological polar surface area (TPSA) is 26.0 Å². The quantitative estimate of drug-likeness (QED) is 0.649. The van der Waals surface area contributed by atoms with Gasteiger partial charge in [-0.1, -0.05) is 71.4 Å². The van der Waals surface area contributed by atoms with Gasteiger partial charge in [-0.3, -0.25) is 0 Å². The van der Waals surface area contributed by atoms with Crippen LogP contribution in [0.3, 0.4) is 0 Å². The fraction of sp³-hybridized carbons (Fsp3) is 0.211. The summed E-state index contributed by atoms with van der Waals surface area (Å²) in [5.74, 6) is 0.844. The van der Waals surface area contributed by atoms with Gasteiger partial charge in [0.25, 0.3) is 0 Å². The predicted octanol–water partition coefficient (Wildman–Crippen LogP) is 5.31. The van der Waals surface area contributed by atoms with Gasteiger partial charge in [0.2, 0.25) is 0 Å². The van der Waals surface area contributed by atoms with Crippen LogP contribution in [0.1, 0.15) is 33.4 Å². The molecular formula is C19H21NOS. The summed E-state index contributed by atoms with van der Waals surface area (Å²) in [5.41, 5.74) is 4.47. The number of hydrogen-bond donors (Lipinski definition) is 1. The molecular weight excluding hydrogens is 290 g/mol. The first-order chi connectivity index (χ1) is 10.6. The van der Waals surface area contributed by atoms with Crippen LogP contribution in [0.4, 0.5) is 0 Å². The van der Waals surface area contributed by atoms with Crippen LogP contribution in [0.2, 0.25) is 0 Å². The molecule has 0 radical (unpaired) electrons. The number of aryl methyl sites for hydroxylation is 3. The third kappa shape index (κ3) is 4.25. The first-order valence-electron chi connectivity index (χ1n) is 7.27. The van der Waals surface area contributed by atoms with Gasteiger partial charge in [0.15, 0.2) is 0 Å². The van der Waals surface area contributed by atoms with Crippen molar-refractivity contribution in [3.8, 4) is 0 Å². The van der Waals surface area contributed by atoms with Crippen LogP contribution in [-0.4, -0.2) is 5.16 Å². The molecule has 0 saturated heterocycles. The molecule has 0 fully saturated rings. The maximum absolute atomic E-state index is 5.14. The first kappa shape index (κ1) is 16.4. The molecule has 3 heteroatoms. The highest BCUT2D eigenvalue weighted by Crippen LogP contribution is 2.32. The highest BCUT2D eigenvalue weighted by atomic mass is 32.1. The average molecular weight is 311 g/mol. The van der Waals surface area contributed by atoms with Crippen molar-refractivity contribution in [1.29, 1.82) is 0 Å². The normalized spacial score (nSPS) is 11.5. The molecule has 1 heterocycles. The van der Waals surface area contributed by atoms with E-state index >= 15 is 0 Å².